The van der Waals surface area contributed by atoms with E-state index in [4.69, 9.17) is 9.47 Å². The summed E-state index contributed by atoms with van der Waals surface area (Å²) < 4.78 is 10.4. The van der Waals surface area contributed by atoms with Crippen LogP contribution in [0.2, 0.25) is 0 Å². The fourth-order valence-electron chi connectivity index (χ4n) is 3.05. The van der Waals surface area contributed by atoms with Gasteiger partial charge in [0.1, 0.15) is 5.75 Å². The zero-order valence-electron chi connectivity index (χ0n) is 11.9. The molecule has 0 aromatic heterocycles. The summed E-state index contributed by atoms with van der Waals surface area (Å²) >= 11 is 0. The lowest BCUT2D eigenvalue weighted by molar-refractivity contribution is 0.0511. The van der Waals surface area contributed by atoms with Crippen LogP contribution in [0.3, 0.4) is 0 Å². The summed E-state index contributed by atoms with van der Waals surface area (Å²) in [6.07, 6.45) is 0. The molecule has 0 heterocycles. The van der Waals surface area contributed by atoms with Crippen LogP contribution in [0.15, 0.2) is 42.5 Å². The van der Waals surface area contributed by atoms with Crippen molar-refractivity contribution in [3.8, 4) is 16.9 Å². The Morgan fingerprint density at radius 3 is 2.38 bits per heavy atom. The summed E-state index contributed by atoms with van der Waals surface area (Å²) in [5, 5.41) is 19.8. The van der Waals surface area contributed by atoms with E-state index in [-0.39, 0.29) is 20.0 Å². The molecule has 0 unspecified atom stereocenters. The van der Waals surface area contributed by atoms with E-state index in [1.807, 2.05) is 42.5 Å². The van der Waals surface area contributed by atoms with Crippen molar-refractivity contribution in [3.63, 3.8) is 0 Å². The molecular weight excluding hydrogens is 268 g/mol. The highest BCUT2D eigenvalue weighted by Crippen LogP contribution is 2.49. The molecule has 0 bridgehead atoms. The molecule has 2 aromatic rings. The molecule has 0 saturated heterocycles. The van der Waals surface area contributed by atoms with E-state index in [0.29, 0.717) is 5.75 Å². The first-order valence-corrected chi connectivity index (χ1v) is 6.84. The molecule has 1 aliphatic carbocycles. The Bertz CT molecular complexity index is 647. The number of hydrogen-bond acceptors (Lipinski definition) is 4. The van der Waals surface area contributed by atoms with Gasteiger partial charge in [0.2, 0.25) is 0 Å². The van der Waals surface area contributed by atoms with Crippen molar-refractivity contribution >= 4 is 0 Å². The summed E-state index contributed by atoms with van der Waals surface area (Å²) in [4.78, 5) is 0. The third kappa shape index (κ3) is 2.03. The first-order valence-electron chi connectivity index (χ1n) is 6.84. The molecule has 0 radical (unpaired) electrons. The number of rotatable bonds is 5. The van der Waals surface area contributed by atoms with Crippen molar-refractivity contribution in [2.45, 2.75) is 5.41 Å². The second-order valence-corrected chi connectivity index (χ2v) is 5.20. The zero-order valence-corrected chi connectivity index (χ0v) is 11.9. The van der Waals surface area contributed by atoms with E-state index in [2.05, 4.69) is 0 Å². The van der Waals surface area contributed by atoms with Crippen LogP contribution in [-0.4, -0.2) is 37.3 Å². The number of aliphatic hydroxyl groups excluding tert-OH is 2. The molecule has 0 atom stereocenters. The summed E-state index contributed by atoms with van der Waals surface area (Å²) in [6.45, 7) is -0.0802. The maximum atomic E-state index is 9.91. The lowest BCUT2D eigenvalue weighted by atomic mass is 9.80. The molecule has 2 N–H and O–H groups in total. The van der Waals surface area contributed by atoms with Crippen LogP contribution < -0.4 is 4.74 Å². The van der Waals surface area contributed by atoms with Crippen molar-refractivity contribution < 1.29 is 19.7 Å². The van der Waals surface area contributed by atoms with Gasteiger partial charge in [0, 0.05) is 7.11 Å². The monoisotopic (exact) mass is 286 g/mol. The highest BCUT2D eigenvalue weighted by Gasteiger charge is 2.42. The van der Waals surface area contributed by atoms with Crippen LogP contribution >= 0.6 is 0 Å². The van der Waals surface area contributed by atoms with Gasteiger partial charge in [-0.15, -0.1) is 0 Å². The van der Waals surface area contributed by atoms with Gasteiger partial charge in [-0.1, -0.05) is 30.3 Å². The molecule has 4 nitrogen and oxygen atoms in total. The van der Waals surface area contributed by atoms with E-state index in [1.54, 1.807) is 7.11 Å². The second kappa shape index (κ2) is 5.48. The summed E-state index contributed by atoms with van der Waals surface area (Å²) in [5.41, 5.74) is 3.15. The van der Waals surface area contributed by atoms with Gasteiger partial charge in [-0.05, 0) is 34.4 Å². The highest BCUT2D eigenvalue weighted by molar-refractivity contribution is 5.82. The van der Waals surface area contributed by atoms with Crippen LogP contribution in [0, 0.1) is 0 Å². The maximum Gasteiger partial charge on any atom is 0.188 e. The molecular formula is C17H18O4. The predicted molar refractivity (Wildman–Crippen MR) is 79.3 cm³/mol. The molecule has 3 rings (SSSR count). The van der Waals surface area contributed by atoms with Crippen molar-refractivity contribution in [1.82, 2.24) is 0 Å². The first-order chi connectivity index (χ1) is 10.3. The number of hydrogen-bond donors (Lipinski definition) is 2. The Balaban J connectivity index is 2.16. The molecule has 0 amide bonds. The molecule has 0 spiro atoms. The van der Waals surface area contributed by atoms with E-state index >= 15 is 0 Å². The number of fused-ring (bicyclic) bond motifs is 3. The minimum atomic E-state index is -0.744. The van der Waals surface area contributed by atoms with Gasteiger partial charge in [0.15, 0.2) is 6.79 Å². The summed E-state index contributed by atoms with van der Waals surface area (Å²) in [5.74, 6) is 0.706. The average molecular weight is 286 g/mol. The molecule has 21 heavy (non-hydrogen) atoms. The standard InChI is InChI=1S/C17H18O4/c1-20-11-21-12-6-7-16-14(8-12)13-4-2-3-5-15(13)17(16,9-18)10-19/h2-8,18-19H,9-11H2,1H3. The molecule has 0 aliphatic heterocycles. The zero-order chi connectivity index (χ0) is 14.9. The van der Waals surface area contributed by atoms with Crippen LogP contribution in [0.4, 0.5) is 0 Å². The third-order valence-electron chi connectivity index (χ3n) is 4.12. The van der Waals surface area contributed by atoms with E-state index in [9.17, 15) is 10.2 Å². The Hall–Kier alpha value is -1.88. The first kappa shape index (κ1) is 14.1. The number of aliphatic hydroxyl groups is 2. The predicted octanol–water partition coefficient (Wildman–Crippen LogP) is 1.92. The average Bonchev–Trinajstić information content (AvgIpc) is 2.83. The highest BCUT2D eigenvalue weighted by atomic mass is 16.7. The molecule has 4 heteroatoms. The number of ether oxygens (including phenoxy) is 2. The largest absolute Gasteiger partial charge is 0.468 e. The SMILES string of the molecule is COCOc1ccc2c(c1)-c1ccccc1C2(CO)CO. The Kier molecular flexibility index (Phi) is 3.68. The van der Waals surface area contributed by atoms with Gasteiger partial charge in [0.05, 0.1) is 18.6 Å². The normalized spacial score (nSPS) is 14.6. The molecule has 1 aliphatic rings. The van der Waals surface area contributed by atoms with Crippen molar-refractivity contribution in [2.75, 3.05) is 27.1 Å². The van der Waals surface area contributed by atoms with Crippen LogP contribution in [0.1, 0.15) is 11.1 Å². The van der Waals surface area contributed by atoms with Gasteiger partial charge in [-0.25, -0.2) is 0 Å². The van der Waals surface area contributed by atoms with E-state index in [1.165, 1.54) is 0 Å². The van der Waals surface area contributed by atoms with Crippen LogP contribution in [0.5, 0.6) is 5.75 Å². The quantitative estimate of drug-likeness (QED) is 0.825. The number of methoxy groups -OCH3 is 1. The Morgan fingerprint density at radius 2 is 1.67 bits per heavy atom. The van der Waals surface area contributed by atoms with E-state index in [0.717, 1.165) is 22.3 Å². The molecule has 2 aromatic carbocycles. The van der Waals surface area contributed by atoms with Gasteiger partial charge in [-0.2, -0.15) is 0 Å². The lowest BCUT2D eigenvalue weighted by Crippen LogP contribution is -2.33. The van der Waals surface area contributed by atoms with Gasteiger partial charge >= 0.3 is 0 Å². The maximum absolute atomic E-state index is 9.91. The molecule has 0 saturated carbocycles. The van der Waals surface area contributed by atoms with Crippen LogP contribution in [-0.2, 0) is 10.2 Å². The molecule has 110 valence electrons. The van der Waals surface area contributed by atoms with Gasteiger partial charge in [0.25, 0.3) is 0 Å². The molecule has 0 fully saturated rings. The summed E-state index contributed by atoms with van der Waals surface area (Å²) in [7, 11) is 1.57. The fraction of sp³-hybridized carbons (Fsp3) is 0.294. The Morgan fingerprint density at radius 1 is 0.952 bits per heavy atom. The van der Waals surface area contributed by atoms with Crippen LogP contribution in [0.25, 0.3) is 11.1 Å². The van der Waals surface area contributed by atoms with Gasteiger partial charge in [-0.3, -0.25) is 0 Å². The van der Waals surface area contributed by atoms with Crippen molar-refractivity contribution in [3.05, 3.63) is 53.6 Å². The topological polar surface area (TPSA) is 58.9 Å². The van der Waals surface area contributed by atoms with Crippen molar-refractivity contribution in [2.24, 2.45) is 0 Å². The minimum Gasteiger partial charge on any atom is -0.468 e. The lowest BCUT2D eigenvalue weighted by Gasteiger charge is -2.27. The third-order valence-corrected chi connectivity index (χ3v) is 4.12. The number of benzene rings is 2. The Labute approximate surface area is 123 Å². The smallest absolute Gasteiger partial charge is 0.188 e. The van der Waals surface area contributed by atoms with Gasteiger partial charge < -0.3 is 19.7 Å². The summed E-state index contributed by atoms with van der Waals surface area (Å²) in [6, 6.07) is 13.5. The second-order valence-electron chi connectivity index (χ2n) is 5.20. The van der Waals surface area contributed by atoms with E-state index < -0.39 is 5.41 Å². The van der Waals surface area contributed by atoms with Crippen molar-refractivity contribution in [1.29, 1.82) is 0 Å². The fourth-order valence-corrected chi connectivity index (χ4v) is 3.05. The minimum absolute atomic E-state index is 0.133.